The third-order valence-electron chi connectivity index (χ3n) is 4.55. The first-order valence-corrected chi connectivity index (χ1v) is 6.89. The van der Waals surface area contributed by atoms with Crippen LogP contribution in [-0.2, 0) is 4.79 Å². The molecule has 1 atom stereocenters. The molecule has 16 heavy (non-hydrogen) atoms. The Bertz CT molecular complexity index is 243. The topological polar surface area (TPSA) is 20.3 Å². The predicted molar refractivity (Wildman–Crippen MR) is 66.4 cm³/mol. The van der Waals surface area contributed by atoms with Crippen molar-refractivity contribution >= 4 is 5.78 Å². The second-order valence-electron chi connectivity index (χ2n) is 5.91. The van der Waals surface area contributed by atoms with Crippen molar-refractivity contribution in [1.29, 1.82) is 0 Å². The number of hydrogen-bond acceptors (Lipinski definition) is 2. The van der Waals surface area contributed by atoms with Gasteiger partial charge in [-0.1, -0.05) is 6.92 Å². The number of nitrogens with zero attached hydrogens (tertiary/aromatic N) is 1. The third kappa shape index (κ3) is 2.85. The molecule has 0 heterocycles. The first-order valence-electron chi connectivity index (χ1n) is 6.89. The van der Waals surface area contributed by atoms with Crippen LogP contribution >= 0.6 is 0 Å². The van der Waals surface area contributed by atoms with Gasteiger partial charge in [-0.2, -0.15) is 0 Å². The number of hydrogen-bond donors (Lipinski definition) is 0. The Labute approximate surface area is 99.4 Å². The Morgan fingerprint density at radius 1 is 1.19 bits per heavy atom. The molecular weight excluding hydrogens is 198 g/mol. The minimum Gasteiger partial charge on any atom is -0.303 e. The Morgan fingerprint density at radius 2 is 1.88 bits per heavy atom. The van der Waals surface area contributed by atoms with E-state index in [2.05, 4.69) is 18.9 Å². The fraction of sp³-hybridized carbons (Fsp3) is 0.929. The van der Waals surface area contributed by atoms with Gasteiger partial charge in [0.25, 0.3) is 0 Å². The third-order valence-corrected chi connectivity index (χ3v) is 4.55. The molecule has 0 saturated heterocycles. The highest BCUT2D eigenvalue weighted by Crippen LogP contribution is 2.28. The molecule has 2 saturated carbocycles. The molecule has 0 aromatic heterocycles. The molecule has 2 nitrogen and oxygen atoms in total. The normalized spacial score (nSPS) is 35.9. The summed E-state index contributed by atoms with van der Waals surface area (Å²) in [5.74, 6) is 1.78. The molecule has 0 radical (unpaired) electrons. The van der Waals surface area contributed by atoms with Gasteiger partial charge in [0.15, 0.2) is 0 Å². The average Bonchev–Trinajstić information content (AvgIpc) is 2.65. The molecule has 0 spiro atoms. The lowest BCUT2D eigenvalue weighted by Gasteiger charge is -2.34. The molecule has 92 valence electrons. The van der Waals surface area contributed by atoms with Gasteiger partial charge < -0.3 is 4.90 Å². The zero-order valence-electron chi connectivity index (χ0n) is 10.7. The molecule has 2 aliphatic carbocycles. The lowest BCUT2D eigenvalue weighted by atomic mass is 9.86. The zero-order valence-corrected chi connectivity index (χ0v) is 10.7. The van der Waals surface area contributed by atoms with Gasteiger partial charge in [0.05, 0.1) is 0 Å². The Balaban J connectivity index is 1.78. The quantitative estimate of drug-likeness (QED) is 0.733. The monoisotopic (exact) mass is 223 g/mol. The summed E-state index contributed by atoms with van der Waals surface area (Å²) >= 11 is 0. The van der Waals surface area contributed by atoms with Crippen molar-refractivity contribution in [1.82, 2.24) is 4.90 Å². The summed E-state index contributed by atoms with van der Waals surface area (Å²) in [6.07, 6.45) is 8.49. The standard InChI is InChI=1S/C14H25NO/c1-11-6-8-13(9-7-11)15(2)10-12-4-3-5-14(12)16/h11-13H,3-10H2,1-2H3. The van der Waals surface area contributed by atoms with Crippen LogP contribution in [0.2, 0.25) is 0 Å². The lowest BCUT2D eigenvalue weighted by molar-refractivity contribution is -0.121. The first-order chi connectivity index (χ1) is 7.66. The fourth-order valence-electron chi connectivity index (χ4n) is 3.26. The van der Waals surface area contributed by atoms with Crippen LogP contribution < -0.4 is 0 Å². The number of carbonyl (C=O) groups excluding carboxylic acids is 1. The van der Waals surface area contributed by atoms with Gasteiger partial charge >= 0.3 is 0 Å². The summed E-state index contributed by atoms with van der Waals surface area (Å²) in [7, 11) is 2.21. The summed E-state index contributed by atoms with van der Waals surface area (Å²) < 4.78 is 0. The van der Waals surface area contributed by atoms with Crippen molar-refractivity contribution in [3.05, 3.63) is 0 Å². The van der Waals surface area contributed by atoms with E-state index in [1.807, 2.05) is 0 Å². The van der Waals surface area contributed by atoms with Crippen molar-refractivity contribution in [2.45, 2.75) is 57.9 Å². The van der Waals surface area contributed by atoms with Gasteiger partial charge in [0.2, 0.25) is 0 Å². The van der Waals surface area contributed by atoms with Gasteiger partial charge in [-0.3, -0.25) is 4.79 Å². The molecule has 0 aromatic carbocycles. The smallest absolute Gasteiger partial charge is 0.137 e. The van der Waals surface area contributed by atoms with Gasteiger partial charge in [0, 0.05) is 24.9 Å². The molecule has 0 amide bonds. The Hall–Kier alpha value is -0.370. The number of rotatable bonds is 3. The van der Waals surface area contributed by atoms with Gasteiger partial charge in [0.1, 0.15) is 5.78 Å². The predicted octanol–water partition coefficient (Wildman–Crippen LogP) is 2.87. The summed E-state index contributed by atoms with van der Waals surface area (Å²) in [5.41, 5.74) is 0. The van der Waals surface area contributed by atoms with Crippen molar-refractivity contribution in [2.75, 3.05) is 13.6 Å². The first kappa shape index (κ1) is 12.1. The maximum Gasteiger partial charge on any atom is 0.137 e. The Morgan fingerprint density at radius 3 is 2.44 bits per heavy atom. The van der Waals surface area contributed by atoms with Crippen LogP contribution in [0.1, 0.15) is 51.9 Å². The molecule has 0 bridgehead atoms. The van der Waals surface area contributed by atoms with Crippen molar-refractivity contribution < 1.29 is 4.79 Å². The minimum absolute atomic E-state index is 0.351. The molecule has 0 aliphatic heterocycles. The van der Waals surface area contributed by atoms with Crippen LogP contribution in [0.5, 0.6) is 0 Å². The number of ketones is 1. The Kier molecular flexibility index (Phi) is 4.01. The highest BCUT2D eigenvalue weighted by Gasteiger charge is 2.28. The van der Waals surface area contributed by atoms with Crippen LogP contribution in [0, 0.1) is 11.8 Å². The SMILES string of the molecule is CC1CCC(N(C)CC2CCCC2=O)CC1. The van der Waals surface area contributed by atoms with E-state index in [4.69, 9.17) is 0 Å². The minimum atomic E-state index is 0.351. The van der Waals surface area contributed by atoms with Crippen molar-refractivity contribution in [3.63, 3.8) is 0 Å². The molecule has 2 rings (SSSR count). The van der Waals surface area contributed by atoms with E-state index in [9.17, 15) is 4.79 Å². The molecule has 0 aromatic rings. The van der Waals surface area contributed by atoms with Crippen LogP contribution in [0.15, 0.2) is 0 Å². The van der Waals surface area contributed by atoms with E-state index < -0.39 is 0 Å². The van der Waals surface area contributed by atoms with Gasteiger partial charge in [-0.05, 0) is 51.5 Å². The van der Waals surface area contributed by atoms with Crippen LogP contribution in [0.25, 0.3) is 0 Å². The summed E-state index contributed by atoms with van der Waals surface area (Å²) in [5, 5.41) is 0. The molecular formula is C14H25NO. The fourth-order valence-corrected chi connectivity index (χ4v) is 3.26. The second-order valence-corrected chi connectivity index (χ2v) is 5.91. The van der Waals surface area contributed by atoms with Crippen molar-refractivity contribution in [2.24, 2.45) is 11.8 Å². The van der Waals surface area contributed by atoms with E-state index in [0.29, 0.717) is 11.7 Å². The van der Waals surface area contributed by atoms with Gasteiger partial charge in [-0.25, -0.2) is 0 Å². The van der Waals surface area contributed by atoms with Crippen LogP contribution in [0.4, 0.5) is 0 Å². The van der Waals surface area contributed by atoms with Crippen LogP contribution in [0.3, 0.4) is 0 Å². The lowest BCUT2D eigenvalue weighted by Crippen LogP contribution is -2.38. The van der Waals surface area contributed by atoms with E-state index in [0.717, 1.165) is 37.8 Å². The van der Waals surface area contributed by atoms with E-state index >= 15 is 0 Å². The molecule has 1 unspecified atom stereocenters. The van der Waals surface area contributed by atoms with Gasteiger partial charge in [-0.15, -0.1) is 0 Å². The number of Topliss-reactive ketones (excluding diaryl/α,β-unsaturated/α-hetero) is 1. The highest BCUT2D eigenvalue weighted by molar-refractivity contribution is 5.83. The summed E-state index contributed by atoms with van der Waals surface area (Å²) in [4.78, 5) is 14.1. The second kappa shape index (κ2) is 5.31. The average molecular weight is 223 g/mol. The molecule has 2 aliphatic rings. The molecule has 2 fully saturated rings. The van der Waals surface area contributed by atoms with E-state index in [-0.39, 0.29) is 0 Å². The highest BCUT2D eigenvalue weighted by atomic mass is 16.1. The summed E-state index contributed by atoms with van der Waals surface area (Å²) in [6, 6.07) is 0.740. The maximum absolute atomic E-state index is 11.6. The van der Waals surface area contributed by atoms with Crippen LogP contribution in [-0.4, -0.2) is 30.3 Å². The maximum atomic E-state index is 11.6. The van der Waals surface area contributed by atoms with Crippen molar-refractivity contribution in [3.8, 4) is 0 Å². The largest absolute Gasteiger partial charge is 0.303 e. The van der Waals surface area contributed by atoms with E-state index in [1.54, 1.807) is 0 Å². The molecule has 2 heteroatoms. The number of carbonyl (C=O) groups is 1. The summed E-state index contributed by atoms with van der Waals surface area (Å²) in [6.45, 7) is 3.37. The van der Waals surface area contributed by atoms with E-state index in [1.165, 1.54) is 25.7 Å². The molecule has 0 N–H and O–H groups in total. The zero-order chi connectivity index (χ0) is 11.5.